The van der Waals surface area contributed by atoms with E-state index in [9.17, 15) is 19.5 Å². The molecule has 0 saturated carbocycles. The van der Waals surface area contributed by atoms with Crippen LogP contribution in [0.25, 0.3) is 0 Å². The molecule has 1 aliphatic carbocycles. The molecule has 0 unspecified atom stereocenters. The maximum atomic E-state index is 12.2. The molecular formula is C24H28O8. The molecule has 1 N–H and O–H groups in total. The van der Waals surface area contributed by atoms with Crippen LogP contribution in [0.5, 0.6) is 0 Å². The van der Waals surface area contributed by atoms with Gasteiger partial charge in [-0.1, -0.05) is 32.1 Å². The van der Waals surface area contributed by atoms with Gasteiger partial charge in [0.15, 0.2) is 0 Å². The summed E-state index contributed by atoms with van der Waals surface area (Å²) in [5.41, 5.74) is 1.40. The van der Waals surface area contributed by atoms with Gasteiger partial charge in [0.25, 0.3) is 17.5 Å². The van der Waals surface area contributed by atoms with E-state index in [0.717, 1.165) is 11.1 Å². The highest BCUT2D eigenvalue weighted by atomic mass is 16.8. The molecular weight excluding hydrogens is 416 g/mol. The van der Waals surface area contributed by atoms with Gasteiger partial charge in [-0.2, -0.15) is 0 Å². The molecule has 2 heterocycles. The van der Waals surface area contributed by atoms with Crippen molar-refractivity contribution in [2.24, 2.45) is 5.41 Å². The number of carbonyl (C=O) groups excluding carboxylic acids is 3. The Kier molecular flexibility index (Phi) is 5.84. The van der Waals surface area contributed by atoms with E-state index in [4.69, 9.17) is 18.9 Å². The number of carbonyl (C=O) groups is 3. The number of cyclic esters (lactones) is 3. The van der Waals surface area contributed by atoms with Crippen LogP contribution in [0.2, 0.25) is 0 Å². The first kappa shape index (κ1) is 23.4. The van der Waals surface area contributed by atoms with Crippen LogP contribution in [0, 0.1) is 5.41 Å². The third-order valence-electron chi connectivity index (χ3n) is 4.91. The maximum absolute atomic E-state index is 12.2. The Morgan fingerprint density at radius 3 is 1.94 bits per heavy atom. The number of hydrogen-bond donors (Lipinski definition) is 1. The summed E-state index contributed by atoms with van der Waals surface area (Å²) >= 11 is 0. The Labute approximate surface area is 186 Å². The molecule has 0 radical (unpaired) electrons. The van der Waals surface area contributed by atoms with Crippen LogP contribution in [-0.2, 0) is 33.3 Å². The van der Waals surface area contributed by atoms with Crippen molar-refractivity contribution in [3.63, 3.8) is 0 Å². The standard InChI is InChI=1S/C24H28O8/c1-22(2)12-14(7-9-16-18(25)29-23(3,4)30-19(16)26)11-15(13-22)8-10-17-20(27)31-24(5,6)32-21(17)28/h7-11,25H,12-13H2,1-6H3/b9-7+,15-8-. The molecule has 0 aromatic heterocycles. The summed E-state index contributed by atoms with van der Waals surface area (Å²) in [5, 5.41) is 10.1. The minimum absolute atomic E-state index is 0.0726. The average molecular weight is 444 g/mol. The predicted molar refractivity (Wildman–Crippen MR) is 114 cm³/mol. The molecule has 32 heavy (non-hydrogen) atoms. The van der Waals surface area contributed by atoms with Crippen molar-refractivity contribution in [3.05, 3.63) is 58.6 Å². The topological polar surface area (TPSA) is 108 Å². The van der Waals surface area contributed by atoms with E-state index in [-0.39, 0.29) is 16.6 Å². The van der Waals surface area contributed by atoms with Crippen molar-refractivity contribution in [1.29, 1.82) is 0 Å². The van der Waals surface area contributed by atoms with Crippen molar-refractivity contribution in [3.8, 4) is 0 Å². The number of ether oxygens (including phenoxy) is 4. The van der Waals surface area contributed by atoms with E-state index in [1.54, 1.807) is 12.2 Å². The smallest absolute Gasteiger partial charge is 0.348 e. The zero-order chi connectivity index (χ0) is 23.9. The fourth-order valence-electron chi connectivity index (χ4n) is 3.71. The molecule has 1 saturated heterocycles. The zero-order valence-electron chi connectivity index (χ0n) is 19.1. The number of rotatable bonds is 3. The number of aliphatic hydroxyl groups is 1. The van der Waals surface area contributed by atoms with Gasteiger partial charge in [0.2, 0.25) is 0 Å². The van der Waals surface area contributed by atoms with Gasteiger partial charge in [-0.3, -0.25) is 0 Å². The molecule has 2 aliphatic heterocycles. The molecule has 0 spiro atoms. The van der Waals surface area contributed by atoms with Gasteiger partial charge in [0, 0.05) is 27.7 Å². The average Bonchev–Trinajstić information content (AvgIpc) is 2.56. The summed E-state index contributed by atoms with van der Waals surface area (Å²) in [6.07, 6.45) is 9.57. The molecule has 0 aromatic rings. The molecule has 0 bridgehead atoms. The molecule has 8 heteroatoms. The van der Waals surface area contributed by atoms with Crippen molar-refractivity contribution < 1.29 is 38.4 Å². The second kappa shape index (κ2) is 8.00. The molecule has 0 aromatic carbocycles. The Bertz CT molecular complexity index is 993. The molecule has 0 amide bonds. The van der Waals surface area contributed by atoms with Gasteiger partial charge in [-0.15, -0.1) is 0 Å². The fraction of sp³-hybridized carbons (Fsp3) is 0.458. The van der Waals surface area contributed by atoms with E-state index in [0.29, 0.717) is 12.8 Å². The van der Waals surface area contributed by atoms with Crippen molar-refractivity contribution >= 4 is 17.9 Å². The van der Waals surface area contributed by atoms with Gasteiger partial charge in [-0.05, 0) is 41.6 Å². The molecule has 3 rings (SSSR count). The minimum Gasteiger partial charge on any atom is -0.480 e. The number of allylic oxidation sites excluding steroid dienone is 6. The van der Waals surface area contributed by atoms with Crippen LogP contribution in [-0.4, -0.2) is 34.6 Å². The van der Waals surface area contributed by atoms with E-state index in [2.05, 4.69) is 13.8 Å². The monoisotopic (exact) mass is 444 g/mol. The van der Waals surface area contributed by atoms with Crippen LogP contribution in [0.4, 0.5) is 0 Å². The summed E-state index contributed by atoms with van der Waals surface area (Å²) in [6, 6.07) is 0. The van der Waals surface area contributed by atoms with Crippen LogP contribution >= 0.6 is 0 Å². The predicted octanol–water partition coefficient (Wildman–Crippen LogP) is 4.06. The molecule has 1 fully saturated rings. The number of aliphatic hydroxyl groups excluding tert-OH is 1. The largest absolute Gasteiger partial charge is 0.480 e. The van der Waals surface area contributed by atoms with E-state index in [1.807, 2.05) is 6.08 Å². The first-order chi connectivity index (χ1) is 14.7. The number of esters is 3. The van der Waals surface area contributed by atoms with Crippen LogP contribution in [0.15, 0.2) is 58.6 Å². The third kappa shape index (κ3) is 5.49. The van der Waals surface area contributed by atoms with Crippen LogP contribution in [0.3, 0.4) is 0 Å². The zero-order valence-corrected chi connectivity index (χ0v) is 19.1. The van der Waals surface area contributed by atoms with Crippen LogP contribution in [0.1, 0.15) is 54.4 Å². The summed E-state index contributed by atoms with van der Waals surface area (Å²) in [4.78, 5) is 36.4. The summed E-state index contributed by atoms with van der Waals surface area (Å²) in [6.45, 7) is 10.2. The highest BCUT2D eigenvalue weighted by molar-refractivity contribution is 6.15. The number of hydrogen-bond acceptors (Lipinski definition) is 8. The SMILES string of the molecule is CC1(C)CC(/C=C/C2=C(O)OC(C)(C)OC2=O)=CC(=C/C=C2C(=O)OC(C)(C)OC2=O)/C1. The second-order valence-corrected chi connectivity index (χ2v) is 9.68. The lowest BCUT2D eigenvalue weighted by Gasteiger charge is -2.31. The maximum Gasteiger partial charge on any atom is 0.348 e. The third-order valence-corrected chi connectivity index (χ3v) is 4.91. The minimum atomic E-state index is -1.29. The van der Waals surface area contributed by atoms with Gasteiger partial charge < -0.3 is 24.1 Å². The first-order valence-corrected chi connectivity index (χ1v) is 10.3. The van der Waals surface area contributed by atoms with Gasteiger partial charge in [0.05, 0.1) is 0 Å². The molecule has 3 aliphatic rings. The molecule has 8 nitrogen and oxygen atoms in total. The lowest BCUT2D eigenvalue weighted by Crippen LogP contribution is -2.41. The second-order valence-electron chi connectivity index (χ2n) is 9.68. The van der Waals surface area contributed by atoms with Crippen molar-refractivity contribution in [1.82, 2.24) is 0 Å². The summed E-state index contributed by atoms with van der Waals surface area (Å²) in [7, 11) is 0. The lowest BCUT2D eigenvalue weighted by atomic mass is 9.75. The Hall–Kier alpha value is -3.29. The van der Waals surface area contributed by atoms with Crippen molar-refractivity contribution in [2.45, 2.75) is 66.0 Å². The van der Waals surface area contributed by atoms with E-state index >= 15 is 0 Å². The summed E-state index contributed by atoms with van der Waals surface area (Å²) in [5.74, 6) is -5.15. The Morgan fingerprint density at radius 1 is 0.781 bits per heavy atom. The van der Waals surface area contributed by atoms with E-state index < -0.39 is 35.4 Å². The van der Waals surface area contributed by atoms with Crippen molar-refractivity contribution in [2.75, 3.05) is 0 Å². The molecule has 0 atom stereocenters. The van der Waals surface area contributed by atoms with Crippen LogP contribution < -0.4 is 0 Å². The highest BCUT2D eigenvalue weighted by Crippen LogP contribution is 2.39. The Morgan fingerprint density at radius 2 is 1.34 bits per heavy atom. The highest BCUT2D eigenvalue weighted by Gasteiger charge is 2.39. The van der Waals surface area contributed by atoms with Gasteiger partial charge >= 0.3 is 17.9 Å². The van der Waals surface area contributed by atoms with Gasteiger partial charge in [0.1, 0.15) is 11.1 Å². The summed E-state index contributed by atoms with van der Waals surface area (Å²) < 4.78 is 20.6. The van der Waals surface area contributed by atoms with Gasteiger partial charge in [-0.25, -0.2) is 14.4 Å². The fourth-order valence-corrected chi connectivity index (χ4v) is 3.71. The normalized spacial score (nSPS) is 25.7. The lowest BCUT2D eigenvalue weighted by molar-refractivity contribution is -0.223. The molecule has 172 valence electrons. The first-order valence-electron chi connectivity index (χ1n) is 10.3. The van der Waals surface area contributed by atoms with E-state index in [1.165, 1.54) is 39.8 Å². The quantitative estimate of drug-likeness (QED) is 0.394. The Balaban J connectivity index is 1.86.